The highest BCUT2D eigenvalue weighted by molar-refractivity contribution is 6.30. The third-order valence-corrected chi connectivity index (χ3v) is 3.31. The lowest BCUT2D eigenvalue weighted by molar-refractivity contribution is -0.122. The summed E-state index contributed by atoms with van der Waals surface area (Å²) in [5, 5.41) is 12.2. The molecule has 2 N–H and O–H groups in total. The molecule has 17 heavy (non-hydrogen) atoms. The van der Waals surface area contributed by atoms with Gasteiger partial charge < -0.3 is 10.4 Å². The molecule has 1 aromatic carbocycles. The van der Waals surface area contributed by atoms with Gasteiger partial charge in [-0.1, -0.05) is 11.6 Å². The maximum atomic E-state index is 13.2. The molecule has 2 atom stereocenters. The fourth-order valence-corrected chi connectivity index (χ4v) is 2.17. The quantitative estimate of drug-likeness (QED) is 0.856. The Labute approximate surface area is 104 Å². The Bertz CT molecular complexity index is 439. The van der Waals surface area contributed by atoms with E-state index in [2.05, 4.69) is 5.32 Å². The lowest BCUT2D eigenvalue weighted by atomic mass is 10.1. The number of anilines is 1. The minimum Gasteiger partial charge on any atom is -0.392 e. The summed E-state index contributed by atoms with van der Waals surface area (Å²) in [4.78, 5) is 11.8. The molecule has 92 valence electrons. The number of amides is 1. The number of rotatable bonds is 2. The molecule has 1 fully saturated rings. The molecule has 1 saturated carbocycles. The highest BCUT2D eigenvalue weighted by atomic mass is 35.5. The van der Waals surface area contributed by atoms with E-state index >= 15 is 0 Å². The van der Waals surface area contributed by atoms with E-state index in [1.54, 1.807) is 0 Å². The zero-order chi connectivity index (χ0) is 12.4. The van der Waals surface area contributed by atoms with Gasteiger partial charge in [-0.05, 0) is 37.5 Å². The molecule has 3 nitrogen and oxygen atoms in total. The van der Waals surface area contributed by atoms with Crippen LogP contribution >= 0.6 is 11.6 Å². The molecule has 1 aliphatic carbocycles. The van der Waals surface area contributed by atoms with Crippen LogP contribution in [0.1, 0.15) is 19.3 Å². The van der Waals surface area contributed by atoms with Crippen LogP contribution in [0, 0.1) is 11.7 Å². The van der Waals surface area contributed by atoms with Gasteiger partial charge in [0.15, 0.2) is 0 Å². The molecule has 2 unspecified atom stereocenters. The second kappa shape index (κ2) is 5.02. The van der Waals surface area contributed by atoms with Crippen LogP contribution in [0.3, 0.4) is 0 Å². The second-order valence-electron chi connectivity index (χ2n) is 4.22. The van der Waals surface area contributed by atoms with Crippen LogP contribution < -0.4 is 5.32 Å². The van der Waals surface area contributed by atoms with Crippen molar-refractivity contribution < 1.29 is 14.3 Å². The van der Waals surface area contributed by atoms with E-state index in [-0.39, 0.29) is 10.9 Å². The smallest absolute Gasteiger partial charge is 0.230 e. The number of carbonyl (C=O) groups excluding carboxylic acids is 1. The third-order valence-electron chi connectivity index (χ3n) is 3.00. The first-order valence-electron chi connectivity index (χ1n) is 5.52. The van der Waals surface area contributed by atoms with E-state index in [9.17, 15) is 14.3 Å². The van der Waals surface area contributed by atoms with E-state index in [1.165, 1.54) is 18.2 Å². The van der Waals surface area contributed by atoms with Crippen LogP contribution in [0.15, 0.2) is 18.2 Å². The predicted molar refractivity (Wildman–Crippen MR) is 63.4 cm³/mol. The summed E-state index contributed by atoms with van der Waals surface area (Å²) in [5.74, 6) is -1.23. The molecule has 0 radical (unpaired) electrons. The van der Waals surface area contributed by atoms with E-state index in [0.717, 1.165) is 6.42 Å². The van der Waals surface area contributed by atoms with Gasteiger partial charge in [0.25, 0.3) is 0 Å². The van der Waals surface area contributed by atoms with Gasteiger partial charge in [-0.2, -0.15) is 0 Å². The van der Waals surface area contributed by atoms with E-state index in [0.29, 0.717) is 18.5 Å². The molecular weight excluding hydrogens is 245 g/mol. The van der Waals surface area contributed by atoms with Crippen molar-refractivity contribution in [2.75, 3.05) is 5.32 Å². The first kappa shape index (κ1) is 12.3. The Balaban J connectivity index is 2.05. The minimum atomic E-state index is -0.591. The highest BCUT2D eigenvalue weighted by Crippen LogP contribution is 2.27. The standard InChI is InChI=1S/C12H13ClFNO2/c13-9-5-4-7(6-10(9)14)15-12(17)8-2-1-3-11(8)16/h4-6,8,11,16H,1-3H2,(H,15,17). The third kappa shape index (κ3) is 2.76. The van der Waals surface area contributed by atoms with Crippen molar-refractivity contribution >= 4 is 23.2 Å². The predicted octanol–water partition coefficient (Wildman–Crippen LogP) is 2.58. The monoisotopic (exact) mass is 257 g/mol. The average molecular weight is 258 g/mol. The van der Waals surface area contributed by atoms with Gasteiger partial charge in [-0.3, -0.25) is 4.79 Å². The van der Waals surface area contributed by atoms with E-state index in [4.69, 9.17) is 11.6 Å². The summed E-state index contributed by atoms with van der Waals surface area (Å²) in [7, 11) is 0. The molecule has 0 aromatic heterocycles. The fraction of sp³-hybridized carbons (Fsp3) is 0.417. The molecule has 0 bridgehead atoms. The molecule has 1 amide bonds. The number of aliphatic hydroxyl groups excluding tert-OH is 1. The molecule has 0 heterocycles. The normalized spacial score (nSPS) is 23.7. The van der Waals surface area contributed by atoms with Crippen molar-refractivity contribution in [3.8, 4) is 0 Å². The number of halogens is 2. The molecule has 1 aromatic rings. The Morgan fingerprint density at radius 1 is 1.47 bits per heavy atom. The van der Waals surface area contributed by atoms with Crippen LogP contribution in [0.25, 0.3) is 0 Å². The van der Waals surface area contributed by atoms with Gasteiger partial charge in [0.2, 0.25) is 5.91 Å². The van der Waals surface area contributed by atoms with Gasteiger partial charge in [-0.15, -0.1) is 0 Å². The van der Waals surface area contributed by atoms with Crippen LogP contribution in [-0.4, -0.2) is 17.1 Å². The van der Waals surface area contributed by atoms with Gasteiger partial charge >= 0.3 is 0 Å². The number of hydrogen-bond acceptors (Lipinski definition) is 2. The van der Waals surface area contributed by atoms with Crippen molar-refractivity contribution in [1.29, 1.82) is 0 Å². The van der Waals surface area contributed by atoms with Crippen LogP contribution in [-0.2, 0) is 4.79 Å². The first-order valence-corrected chi connectivity index (χ1v) is 5.89. The number of nitrogens with one attached hydrogen (secondary N) is 1. The molecule has 0 spiro atoms. The summed E-state index contributed by atoms with van der Waals surface area (Å²) in [6, 6.07) is 4.09. The minimum absolute atomic E-state index is 0.0175. The number of aliphatic hydroxyl groups is 1. The summed E-state index contributed by atoms with van der Waals surface area (Å²) >= 11 is 5.54. The van der Waals surface area contributed by atoms with Gasteiger partial charge in [0.1, 0.15) is 5.82 Å². The van der Waals surface area contributed by atoms with E-state index in [1.807, 2.05) is 0 Å². The SMILES string of the molecule is O=C(Nc1ccc(Cl)c(F)c1)C1CCCC1O. The van der Waals surface area contributed by atoms with Gasteiger partial charge in [-0.25, -0.2) is 4.39 Å². The van der Waals surface area contributed by atoms with Crippen molar-refractivity contribution in [2.45, 2.75) is 25.4 Å². The topological polar surface area (TPSA) is 49.3 Å². The Kier molecular flexibility index (Phi) is 3.64. The molecule has 0 aliphatic heterocycles. The Morgan fingerprint density at radius 2 is 2.24 bits per heavy atom. The van der Waals surface area contributed by atoms with Crippen LogP contribution in [0.2, 0.25) is 5.02 Å². The highest BCUT2D eigenvalue weighted by Gasteiger charge is 2.31. The fourth-order valence-electron chi connectivity index (χ4n) is 2.06. The summed E-state index contributed by atoms with van der Waals surface area (Å²) < 4.78 is 13.2. The Hall–Kier alpha value is -1.13. The number of benzene rings is 1. The zero-order valence-electron chi connectivity index (χ0n) is 9.12. The van der Waals surface area contributed by atoms with Crippen molar-refractivity contribution in [2.24, 2.45) is 5.92 Å². The maximum Gasteiger partial charge on any atom is 0.230 e. The summed E-state index contributed by atoms with van der Waals surface area (Å²) in [5.41, 5.74) is 0.357. The molecule has 5 heteroatoms. The van der Waals surface area contributed by atoms with Gasteiger partial charge in [0, 0.05) is 5.69 Å². The van der Waals surface area contributed by atoms with Crippen molar-refractivity contribution in [3.05, 3.63) is 29.0 Å². The largest absolute Gasteiger partial charge is 0.392 e. The lowest BCUT2D eigenvalue weighted by Crippen LogP contribution is -2.28. The van der Waals surface area contributed by atoms with Gasteiger partial charge in [0.05, 0.1) is 17.0 Å². The second-order valence-corrected chi connectivity index (χ2v) is 4.63. The number of hydrogen-bond donors (Lipinski definition) is 2. The zero-order valence-corrected chi connectivity index (χ0v) is 9.88. The maximum absolute atomic E-state index is 13.2. The van der Waals surface area contributed by atoms with Crippen molar-refractivity contribution in [1.82, 2.24) is 0 Å². The van der Waals surface area contributed by atoms with Crippen LogP contribution in [0.5, 0.6) is 0 Å². The summed E-state index contributed by atoms with van der Waals surface area (Å²) in [6.45, 7) is 0. The van der Waals surface area contributed by atoms with Crippen molar-refractivity contribution in [3.63, 3.8) is 0 Å². The first-order chi connectivity index (χ1) is 8.08. The van der Waals surface area contributed by atoms with E-state index < -0.39 is 17.8 Å². The number of carbonyl (C=O) groups is 1. The molecule has 0 saturated heterocycles. The lowest BCUT2D eigenvalue weighted by Gasteiger charge is -2.14. The molecule has 1 aliphatic rings. The summed E-state index contributed by atoms with van der Waals surface area (Å²) in [6.07, 6.45) is 1.57. The Morgan fingerprint density at radius 3 is 2.82 bits per heavy atom. The molecular formula is C12H13ClFNO2. The molecule has 2 rings (SSSR count). The van der Waals surface area contributed by atoms with Crippen LogP contribution in [0.4, 0.5) is 10.1 Å². The average Bonchev–Trinajstić information content (AvgIpc) is 2.70.